The molecule has 0 bridgehead atoms. The Morgan fingerprint density at radius 1 is 0.364 bits per heavy atom. The van der Waals surface area contributed by atoms with Gasteiger partial charge in [0.25, 0.3) is 0 Å². The zero-order chi connectivity index (χ0) is 36.3. The first kappa shape index (κ1) is 31.6. The number of para-hydroxylation sites is 2. The molecule has 0 spiro atoms. The van der Waals surface area contributed by atoms with E-state index in [9.17, 15) is 0 Å². The summed E-state index contributed by atoms with van der Waals surface area (Å²) in [5.41, 5.74) is 12.2. The molecule has 0 atom stereocenters. The molecular weight excluding hydrogens is 687 g/mol. The molecule has 0 amide bonds. The number of furan rings is 1. The molecule has 11 aromatic rings. The zero-order valence-electron chi connectivity index (χ0n) is 29.8. The van der Waals surface area contributed by atoms with Crippen molar-refractivity contribution in [2.24, 2.45) is 0 Å². The molecule has 0 saturated heterocycles. The fourth-order valence-corrected chi connectivity index (χ4v) is 9.34. The largest absolute Gasteiger partial charge is 0.456 e. The van der Waals surface area contributed by atoms with Crippen LogP contribution in [0.15, 0.2) is 205 Å². The predicted octanol–water partition coefficient (Wildman–Crippen LogP) is 15.6. The van der Waals surface area contributed by atoms with Gasteiger partial charge in [-0.2, -0.15) is 0 Å². The molecule has 2 aromatic heterocycles. The van der Waals surface area contributed by atoms with Crippen LogP contribution in [-0.4, -0.2) is 0 Å². The highest BCUT2D eigenvalue weighted by Gasteiger charge is 2.21. The van der Waals surface area contributed by atoms with Gasteiger partial charge in [0.2, 0.25) is 0 Å². The maximum atomic E-state index is 6.44. The Bertz CT molecular complexity index is 3210. The first-order valence-electron chi connectivity index (χ1n) is 18.7. The molecule has 0 fully saturated rings. The minimum atomic E-state index is 0.871. The van der Waals surface area contributed by atoms with Gasteiger partial charge in [0.05, 0.1) is 5.69 Å². The smallest absolute Gasteiger partial charge is 0.137 e. The maximum Gasteiger partial charge on any atom is 0.137 e. The Kier molecular flexibility index (Phi) is 7.39. The average molecular weight is 720 g/mol. The van der Waals surface area contributed by atoms with Crippen LogP contribution in [0.2, 0.25) is 0 Å². The van der Waals surface area contributed by atoms with Crippen LogP contribution in [0.3, 0.4) is 0 Å². The van der Waals surface area contributed by atoms with E-state index < -0.39 is 0 Å². The molecular formula is C52H33NOS. The molecule has 2 heterocycles. The molecule has 2 nitrogen and oxygen atoms in total. The van der Waals surface area contributed by atoms with E-state index in [1.807, 2.05) is 23.5 Å². The van der Waals surface area contributed by atoms with E-state index in [0.717, 1.165) is 39.0 Å². The van der Waals surface area contributed by atoms with E-state index in [2.05, 4.69) is 193 Å². The molecule has 0 aliphatic carbocycles. The van der Waals surface area contributed by atoms with Crippen molar-refractivity contribution in [1.82, 2.24) is 0 Å². The van der Waals surface area contributed by atoms with Gasteiger partial charge in [-0.05, 0) is 93.2 Å². The summed E-state index contributed by atoms with van der Waals surface area (Å²) >= 11 is 1.85. The second kappa shape index (κ2) is 12.9. The zero-order valence-corrected chi connectivity index (χ0v) is 30.6. The Balaban J connectivity index is 1.03. The fraction of sp³-hybridized carbons (Fsp3) is 0. The predicted molar refractivity (Wildman–Crippen MR) is 235 cm³/mol. The van der Waals surface area contributed by atoms with Crippen molar-refractivity contribution in [2.45, 2.75) is 0 Å². The molecule has 3 heteroatoms. The van der Waals surface area contributed by atoms with E-state index in [0.29, 0.717) is 0 Å². The Hall–Kier alpha value is -6.94. The van der Waals surface area contributed by atoms with Gasteiger partial charge in [0.1, 0.15) is 11.2 Å². The third-order valence-corrected chi connectivity index (χ3v) is 12.0. The lowest BCUT2D eigenvalue weighted by molar-refractivity contribution is 0.669. The second-order valence-corrected chi connectivity index (χ2v) is 15.2. The van der Waals surface area contributed by atoms with Crippen molar-refractivity contribution in [3.05, 3.63) is 200 Å². The van der Waals surface area contributed by atoms with Crippen LogP contribution >= 0.6 is 11.3 Å². The van der Waals surface area contributed by atoms with Crippen LogP contribution in [-0.2, 0) is 0 Å². The number of fused-ring (bicyclic) bond motifs is 7. The topological polar surface area (TPSA) is 16.4 Å². The molecule has 0 aliphatic heterocycles. The third kappa shape index (κ3) is 5.40. The van der Waals surface area contributed by atoms with E-state index in [1.54, 1.807) is 0 Å². The summed E-state index contributed by atoms with van der Waals surface area (Å²) < 4.78 is 9.03. The van der Waals surface area contributed by atoms with Crippen molar-refractivity contribution in [2.75, 3.05) is 4.90 Å². The maximum absolute atomic E-state index is 6.44. The van der Waals surface area contributed by atoms with Crippen LogP contribution in [0.1, 0.15) is 0 Å². The van der Waals surface area contributed by atoms with Gasteiger partial charge in [-0.15, -0.1) is 11.3 Å². The van der Waals surface area contributed by atoms with Gasteiger partial charge in [-0.3, -0.25) is 0 Å². The standard InChI is InChI=1S/C52H33NOS/c1-2-11-38-32-39(25-24-34(38)10-1)37-22-20-35(21-23-37)36-26-28-40(29-27-36)53(41-30-31-44-43-13-4-7-17-48(43)54-49(44)33-41)47-16-6-3-12-42(47)45-15-9-19-51-52(45)46-14-5-8-18-50(46)55-51/h1-33H. The summed E-state index contributed by atoms with van der Waals surface area (Å²) in [4.78, 5) is 2.38. The Labute approximate surface area is 322 Å². The monoisotopic (exact) mass is 719 g/mol. The minimum absolute atomic E-state index is 0.871. The fourth-order valence-electron chi connectivity index (χ4n) is 8.20. The molecule has 0 N–H and O–H groups in total. The summed E-state index contributed by atoms with van der Waals surface area (Å²) in [5.74, 6) is 0. The van der Waals surface area contributed by atoms with Gasteiger partial charge in [0, 0.05) is 53.9 Å². The van der Waals surface area contributed by atoms with Gasteiger partial charge < -0.3 is 9.32 Å². The quantitative estimate of drug-likeness (QED) is 0.170. The molecule has 258 valence electrons. The minimum Gasteiger partial charge on any atom is -0.456 e. The van der Waals surface area contributed by atoms with Crippen molar-refractivity contribution < 1.29 is 4.42 Å². The lowest BCUT2D eigenvalue weighted by Gasteiger charge is -2.28. The number of nitrogens with zero attached hydrogens (tertiary/aromatic N) is 1. The highest BCUT2D eigenvalue weighted by Crippen LogP contribution is 2.47. The van der Waals surface area contributed by atoms with Crippen molar-refractivity contribution >= 4 is 81.3 Å². The number of hydrogen-bond acceptors (Lipinski definition) is 3. The van der Waals surface area contributed by atoms with Crippen molar-refractivity contribution in [3.8, 4) is 33.4 Å². The molecule has 9 aromatic carbocycles. The highest BCUT2D eigenvalue weighted by atomic mass is 32.1. The Morgan fingerprint density at radius 3 is 1.82 bits per heavy atom. The number of anilines is 3. The van der Waals surface area contributed by atoms with Crippen LogP contribution < -0.4 is 4.90 Å². The number of thiophene rings is 1. The van der Waals surface area contributed by atoms with E-state index in [1.165, 1.54) is 64.3 Å². The van der Waals surface area contributed by atoms with Crippen LogP contribution in [0.5, 0.6) is 0 Å². The SMILES string of the molecule is c1ccc(N(c2ccc(-c3ccc(-c4ccc5ccccc5c4)cc3)cc2)c2ccc3c(c2)oc2ccccc23)c(-c2cccc3sc4ccccc4c23)c1. The van der Waals surface area contributed by atoms with Crippen molar-refractivity contribution in [1.29, 1.82) is 0 Å². The molecule has 11 rings (SSSR count). The van der Waals surface area contributed by atoms with E-state index in [-0.39, 0.29) is 0 Å². The molecule has 0 radical (unpaired) electrons. The first-order chi connectivity index (χ1) is 27.2. The summed E-state index contributed by atoms with van der Waals surface area (Å²) in [6.45, 7) is 0. The molecule has 0 saturated carbocycles. The average Bonchev–Trinajstić information content (AvgIpc) is 3.82. The van der Waals surface area contributed by atoms with Crippen molar-refractivity contribution in [3.63, 3.8) is 0 Å². The van der Waals surface area contributed by atoms with E-state index >= 15 is 0 Å². The highest BCUT2D eigenvalue weighted by molar-refractivity contribution is 7.25. The normalized spacial score (nSPS) is 11.6. The van der Waals surface area contributed by atoms with Crippen LogP contribution in [0.4, 0.5) is 17.1 Å². The summed E-state index contributed by atoms with van der Waals surface area (Å²) in [7, 11) is 0. The molecule has 55 heavy (non-hydrogen) atoms. The first-order valence-corrected chi connectivity index (χ1v) is 19.5. The summed E-state index contributed by atoms with van der Waals surface area (Å²) in [6.07, 6.45) is 0. The summed E-state index contributed by atoms with van der Waals surface area (Å²) in [6, 6.07) is 72.2. The van der Waals surface area contributed by atoms with Gasteiger partial charge in [0.15, 0.2) is 0 Å². The van der Waals surface area contributed by atoms with E-state index in [4.69, 9.17) is 4.42 Å². The number of rotatable bonds is 6. The van der Waals surface area contributed by atoms with Gasteiger partial charge >= 0.3 is 0 Å². The molecule has 0 aliphatic rings. The van der Waals surface area contributed by atoms with Gasteiger partial charge in [-0.1, -0.05) is 140 Å². The van der Waals surface area contributed by atoms with Crippen LogP contribution in [0, 0.1) is 0 Å². The van der Waals surface area contributed by atoms with Crippen LogP contribution in [0.25, 0.3) is 86.3 Å². The second-order valence-electron chi connectivity index (χ2n) is 14.1. The molecule has 0 unspecified atom stereocenters. The lowest BCUT2D eigenvalue weighted by atomic mass is 9.96. The number of benzene rings is 9. The van der Waals surface area contributed by atoms with Gasteiger partial charge in [-0.25, -0.2) is 0 Å². The third-order valence-electron chi connectivity index (χ3n) is 10.9. The Morgan fingerprint density at radius 2 is 0.964 bits per heavy atom. The summed E-state index contributed by atoms with van der Waals surface area (Å²) in [5, 5.41) is 7.34. The lowest BCUT2D eigenvalue weighted by Crippen LogP contribution is -2.11. The number of hydrogen-bond donors (Lipinski definition) is 0.